The van der Waals surface area contributed by atoms with E-state index in [0.717, 1.165) is 38.6 Å². The summed E-state index contributed by atoms with van der Waals surface area (Å²) in [6.07, 6.45) is 4.68. The molecule has 1 aromatic rings. The number of hydrogen-bond donors (Lipinski definition) is 1. The molecule has 0 radical (unpaired) electrons. The quantitative estimate of drug-likeness (QED) is 0.589. The van der Waals surface area contributed by atoms with Gasteiger partial charge in [-0.1, -0.05) is 25.0 Å². The van der Waals surface area contributed by atoms with E-state index in [2.05, 4.69) is 10.2 Å². The van der Waals surface area contributed by atoms with E-state index in [9.17, 15) is 14.4 Å². The Bertz CT molecular complexity index is 681. The Morgan fingerprint density at radius 2 is 1.74 bits per heavy atom. The molecule has 1 aliphatic heterocycles. The van der Waals surface area contributed by atoms with Crippen molar-refractivity contribution in [3.05, 3.63) is 35.4 Å². The topological polar surface area (TPSA) is 69.7 Å². The van der Waals surface area contributed by atoms with Crippen LogP contribution in [0.3, 0.4) is 0 Å². The predicted octanol–water partition coefficient (Wildman–Crippen LogP) is 2.16. The van der Waals surface area contributed by atoms with Crippen LogP contribution >= 0.6 is 0 Å². The van der Waals surface area contributed by atoms with Gasteiger partial charge in [-0.15, -0.1) is 0 Å². The van der Waals surface area contributed by atoms with Crippen molar-refractivity contribution >= 4 is 17.7 Å². The number of nitrogens with one attached hydrogen (secondary N) is 1. The smallest absolute Gasteiger partial charge is 0.261 e. The van der Waals surface area contributed by atoms with Crippen LogP contribution in [0.5, 0.6) is 0 Å². The normalized spacial score (nSPS) is 22.3. The van der Waals surface area contributed by atoms with Gasteiger partial charge >= 0.3 is 0 Å². The first-order chi connectivity index (χ1) is 13.0. The third kappa shape index (κ3) is 4.38. The maximum absolute atomic E-state index is 12.7. The number of nitrogens with zero attached hydrogens (tertiary/aromatic N) is 2. The molecule has 1 aromatic carbocycles. The van der Waals surface area contributed by atoms with Gasteiger partial charge < -0.3 is 10.2 Å². The van der Waals surface area contributed by atoms with Crippen LogP contribution < -0.4 is 5.32 Å². The zero-order valence-corrected chi connectivity index (χ0v) is 16.2. The molecule has 3 amide bonds. The number of fused-ring (bicyclic) bond motifs is 1. The summed E-state index contributed by atoms with van der Waals surface area (Å²) in [4.78, 5) is 41.4. The number of carbonyl (C=O) groups excluding carboxylic acids is 3. The summed E-state index contributed by atoms with van der Waals surface area (Å²) in [5.41, 5.74) is 0.950. The highest BCUT2D eigenvalue weighted by atomic mass is 16.2. The SMILES string of the molecule is CN(C)CCCNC(=O)C1CCCCC1CN1C(=O)c2ccccc2C1=O. The van der Waals surface area contributed by atoms with Crippen LogP contribution in [0.2, 0.25) is 0 Å². The van der Waals surface area contributed by atoms with Gasteiger partial charge in [-0.2, -0.15) is 0 Å². The van der Waals surface area contributed by atoms with Gasteiger partial charge in [0.05, 0.1) is 11.1 Å². The Morgan fingerprint density at radius 1 is 1.11 bits per heavy atom. The minimum absolute atomic E-state index is 0.0369. The average Bonchev–Trinajstić information content (AvgIpc) is 2.90. The van der Waals surface area contributed by atoms with E-state index in [1.807, 2.05) is 14.1 Å². The maximum atomic E-state index is 12.7. The second-order valence-corrected chi connectivity index (χ2v) is 7.87. The molecule has 1 saturated carbocycles. The molecular formula is C21H29N3O3. The molecule has 3 rings (SSSR count). The number of carbonyl (C=O) groups is 3. The molecular weight excluding hydrogens is 342 g/mol. The summed E-state index contributed by atoms with van der Waals surface area (Å²) in [7, 11) is 4.03. The van der Waals surface area contributed by atoms with Gasteiger partial charge in [0, 0.05) is 19.0 Å². The highest BCUT2D eigenvalue weighted by Crippen LogP contribution is 2.33. The predicted molar refractivity (Wildman–Crippen MR) is 103 cm³/mol. The lowest BCUT2D eigenvalue weighted by molar-refractivity contribution is -0.128. The van der Waals surface area contributed by atoms with Crippen LogP contribution in [0.1, 0.15) is 52.8 Å². The van der Waals surface area contributed by atoms with Crippen LogP contribution in [-0.2, 0) is 4.79 Å². The minimum Gasteiger partial charge on any atom is -0.356 e. The van der Waals surface area contributed by atoms with E-state index in [0.29, 0.717) is 24.2 Å². The lowest BCUT2D eigenvalue weighted by atomic mass is 9.78. The number of amides is 3. The van der Waals surface area contributed by atoms with Crippen molar-refractivity contribution in [2.75, 3.05) is 33.7 Å². The highest BCUT2D eigenvalue weighted by Gasteiger charge is 2.39. The first-order valence-electron chi connectivity index (χ1n) is 9.86. The van der Waals surface area contributed by atoms with Gasteiger partial charge in [0.25, 0.3) is 11.8 Å². The van der Waals surface area contributed by atoms with E-state index in [-0.39, 0.29) is 29.6 Å². The Hall–Kier alpha value is -2.21. The molecule has 0 bridgehead atoms. The van der Waals surface area contributed by atoms with E-state index >= 15 is 0 Å². The molecule has 0 aromatic heterocycles. The first-order valence-corrected chi connectivity index (χ1v) is 9.86. The standard InChI is InChI=1S/C21H29N3O3/c1-23(2)13-7-12-22-19(25)16-9-4-3-8-15(16)14-24-20(26)17-10-5-6-11-18(17)21(24)27/h5-6,10-11,15-16H,3-4,7-9,12-14H2,1-2H3,(H,22,25). The summed E-state index contributed by atoms with van der Waals surface area (Å²) in [6.45, 7) is 1.93. The number of imide groups is 1. The monoisotopic (exact) mass is 371 g/mol. The molecule has 1 aliphatic carbocycles. The van der Waals surface area contributed by atoms with Gasteiger partial charge in [-0.3, -0.25) is 19.3 Å². The van der Waals surface area contributed by atoms with Crippen molar-refractivity contribution in [3.63, 3.8) is 0 Å². The number of rotatable bonds is 7. The summed E-state index contributed by atoms with van der Waals surface area (Å²) in [6, 6.07) is 6.95. The molecule has 2 atom stereocenters. The molecule has 2 aliphatic rings. The largest absolute Gasteiger partial charge is 0.356 e. The highest BCUT2D eigenvalue weighted by molar-refractivity contribution is 6.21. The van der Waals surface area contributed by atoms with E-state index in [1.165, 1.54) is 4.90 Å². The average molecular weight is 371 g/mol. The zero-order valence-electron chi connectivity index (χ0n) is 16.2. The Labute approximate surface area is 160 Å². The van der Waals surface area contributed by atoms with Crippen molar-refractivity contribution in [1.29, 1.82) is 0 Å². The minimum atomic E-state index is -0.230. The maximum Gasteiger partial charge on any atom is 0.261 e. The Kier molecular flexibility index (Phi) is 6.26. The van der Waals surface area contributed by atoms with Crippen molar-refractivity contribution in [2.24, 2.45) is 11.8 Å². The zero-order chi connectivity index (χ0) is 19.4. The van der Waals surface area contributed by atoms with Gasteiger partial charge in [0.1, 0.15) is 0 Å². The summed E-state index contributed by atoms with van der Waals surface area (Å²) in [5, 5.41) is 3.05. The van der Waals surface area contributed by atoms with E-state index in [4.69, 9.17) is 0 Å². The third-order valence-corrected chi connectivity index (χ3v) is 5.62. The van der Waals surface area contributed by atoms with Crippen LogP contribution in [-0.4, -0.2) is 61.3 Å². The fourth-order valence-corrected chi connectivity index (χ4v) is 4.15. The van der Waals surface area contributed by atoms with Crippen molar-refractivity contribution in [3.8, 4) is 0 Å². The number of benzene rings is 1. The lowest BCUT2D eigenvalue weighted by Crippen LogP contribution is -2.43. The van der Waals surface area contributed by atoms with Gasteiger partial charge in [0.15, 0.2) is 0 Å². The summed E-state index contributed by atoms with van der Waals surface area (Å²) in [5.74, 6) is -0.482. The molecule has 1 heterocycles. The molecule has 1 fully saturated rings. The van der Waals surface area contributed by atoms with Gasteiger partial charge in [-0.05, 0) is 58.0 Å². The van der Waals surface area contributed by atoms with Crippen LogP contribution in [0.4, 0.5) is 0 Å². The van der Waals surface area contributed by atoms with Crippen molar-refractivity contribution in [2.45, 2.75) is 32.1 Å². The third-order valence-electron chi connectivity index (χ3n) is 5.62. The summed E-state index contributed by atoms with van der Waals surface area (Å²) >= 11 is 0. The Balaban J connectivity index is 1.62. The Morgan fingerprint density at radius 3 is 2.37 bits per heavy atom. The van der Waals surface area contributed by atoms with Gasteiger partial charge in [0.2, 0.25) is 5.91 Å². The molecule has 27 heavy (non-hydrogen) atoms. The van der Waals surface area contributed by atoms with Crippen LogP contribution in [0.15, 0.2) is 24.3 Å². The second-order valence-electron chi connectivity index (χ2n) is 7.87. The van der Waals surface area contributed by atoms with Crippen LogP contribution in [0.25, 0.3) is 0 Å². The molecule has 0 spiro atoms. The fourth-order valence-electron chi connectivity index (χ4n) is 4.15. The molecule has 2 unspecified atom stereocenters. The molecule has 0 saturated heterocycles. The van der Waals surface area contributed by atoms with Gasteiger partial charge in [-0.25, -0.2) is 0 Å². The second kappa shape index (κ2) is 8.65. The van der Waals surface area contributed by atoms with Crippen molar-refractivity contribution < 1.29 is 14.4 Å². The van der Waals surface area contributed by atoms with Crippen LogP contribution in [0, 0.1) is 11.8 Å². The molecule has 6 nitrogen and oxygen atoms in total. The fraction of sp³-hybridized carbons (Fsp3) is 0.571. The lowest BCUT2D eigenvalue weighted by Gasteiger charge is -2.32. The first kappa shape index (κ1) is 19.5. The molecule has 1 N–H and O–H groups in total. The number of hydrogen-bond acceptors (Lipinski definition) is 4. The molecule has 6 heteroatoms. The summed E-state index contributed by atoms with van der Waals surface area (Å²) < 4.78 is 0. The van der Waals surface area contributed by atoms with E-state index < -0.39 is 0 Å². The van der Waals surface area contributed by atoms with E-state index in [1.54, 1.807) is 24.3 Å². The van der Waals surface area contributed by atoms with Crippen molar-refractivity contribution in [1.82, 2.24) is 15.1 Å². The molecule has 146 valence electrons.